The van der Waals surface area contributed by atoms with Gasteiger partial charge in [-0.15, -0.1) is 0 Å². The van der Waals surface area contributed by atoms with Crippen molar-refractivity contribution in [1.82, 2.24) is 20.0 Å². The number of hydrogen-bond acceptors (Lipinski definition) is 8. The van der Waals surface area contributed by atoms with Crippen molar-refractivity contribution in [2.24, 2.45) is 0 Å². The second-order valence-corrected chi connectivity index (χ2v) is 10.8. The van der Waals surface area contributed by atoms with Crippen LogP contribution in [0.15, 0.2) is 36.0 Å². The van der Waals surface area contributed by atoms with Crippen molar-refractivity contribution in [3.05, 3.63) is 36.0 Å². The summed E-state index contributed by atoms with van der Waals surface area (Å²) < 4.78 is 5.83. The Morgan fingerprint density at radius 3 is 2.50 bits per heavy atom. The monoisotopic (exact) mass is 532 g/mol. The summed E-state index contributed by atoms with van der Waals surface area (Å²) in [5.74, 6) is -1.20. The Kier molecular flexibility index (Phi) is 11.9. The molecule has 212 valence electrons. The van der Waals surface area contributed by atoms with E-state index in [-0.39, 0.29) is 13.0 Å². The van der Waals surface area contributed by atoms with Crippen LogP contribution < -0.4 is 5.32 Å². The molecular weight excluding hydrogens is 487 g/mol. The molecule has 0 aromatic rings. The molecular formula is C27H45BN4O6. The number of aliphatic hydroxyl groups is 1. The number of ether oxygens (including phenoxy) is 1. The van der Waals surface area contributed by atoms with Gasteiger partial charge in [-0.1, -0.05) is 63.3 Å². The maximum Gasteiger partial charge on any atom is 0.475 e. The zero-order chi connectivity index (χ0) is 27.7. The third kappa shape index (κ3) is 8.41. The van der Waals surface area contributed by atoms with E-state index in [1.165, 1.54) is 0 Å². The van der Waals surface area contributed by atoms with E-state index in [4.69, 9.17) is 4.74 Å². The van der Waals surface area contributed by atoms with Crippen molar-refractivity contribution in [3.8, 4) is 0 Å². The van der Waals surface area contributed by atoms with Gasteiger partial charge in [-0.25, -0.2) is 9.69 Å². The number of carbonyl (C=O) groups excluding carboxylic acids is 2. The molecule has 2 amide bonds. The van der Waals surface area contributed by atoms with Crippen LogP contribution in [0.4, 0.5) is 4.79 Å². The van der Waals surface area contributed by atoms with Gasteiger partial charge in [0.15, 0.2) is 6.35 Å². The highest BCUT2D eigenvalue weighted by atomic mass is 16.6. The maximum absolute atomic E-state index is 13.4. The number of allylic oxidation sites excluding steroid dienone is 2. The second kappa shape index (κ2) is 14.8. The van der Waals surface area contributed by atoms with Crippen molar-refractivity contribution in [2.45, 2.75) is 89.1 Å². The van der Waals surface area contributed by atoms with Gasteiger partial charge in [0.1, 0.15) is 6.10 Å². The van der Waals surface area contributed by atoms with Crippen LogP contribution in [0.1, 0.15) is 64.7 Å². The Morgan fingerprint density at radius 2 is 1.82 bits per heavy atom. The molecule has 0 aromatic heterocycles. The summed E-state index contributed by atoms with van der Waals surface area (Å²) in [6, 6.07) is -0.774. The molecule has 0 aliphatic carbocycles. The number of hydrogen-bond donors (Lipinski definition) is 4. The zero-order valence-electron chi connectivity index (χ0n) is 22.9. The SMILES string of the molecule is C=C/C=C\C1=C(C)CN(C(=O)O[C@@H]2C[C@H]3C(=O)N[C@H](B(O)O)CCCCCCCCCN(C)C(O)N3C2)C1. The Balaban J connectivity index is 1.70. The summed E-state index contributed by atoms with van der Waals surface area (Å²) in [4.78, 5) is 31.4. The Morgan fingerprint density at radius 1 is 1.13 bits per heavy atom. The number of carbonyl (C=O) groups is 2. The van der Waals surface area contributed by atoms with Crippen molar-refractivity contribution < 1.29 is 29.5 Å². The highest BCUT2D eigenvalue weighted by molar-refractivity contribution is 6.43. The largest absolute Gasteiger partial charge is 0.475 e. The molecule has 3 aliphatic heterocycles. The normalized spacial score (nSPS) is 29.4. The third-order valence-corrected chi connectivity index (χ3v) is 7.80. The average molecular weight is 532 g/mol. The minimum absolute atomic E-state index is 0.200. The predicted octanol–water partition coefficient (Wildman–Crippen LogP) is 1.78. The smallest absolute Gasteiger partial charge is 0.445 e. The highest BCUT2D eigenvalue weighted by Gasteiger charge is 2.44. The Bertz CT molecular complexity index is 882. The average Bonchev–Trinajstić information content (AvgIpc) is 3.47. The number of rotatable bonds is 4. The predicted molar refractivity (Wildman–Crippen MR) is 147 cm³/mol. The molecule has 11 heteroatoms. The molecule has 3 heterocycles. The first-order valence-corrected chi connectivity index (χ1v) is 13.9. The van der Waals surface area contributed by atoms with Crippen LogP contribution in [-0.2, 0) is 9.53 Å². The summed E-state index contributed by atoms with van der Waals surface area (Å²) in [6.07, 6.45) is 11.1. The van der Waals surface area contributed by atoms with Crippen molar-refractivity contribution in [2.75, 3.05) is 33.2 Å². The van der Waals surface area contributed by atoms with E-state index in [1.54, 1.807) is 20.8 Å². The molecule has 38 heavy (non-hydrogen) atoms. The van der Waals surface area contributed by atoms with E-state index in [9.17, 15) is 24.7 Å². The second-order valence-electron chi connectivity index (χ2n) is 10.8. The van der Waals surface area contributed by atoms with Crippen LogP contribution in [0, 0.1) is 0 Å². The van der Waals surface area contributed by atoms with Gasteiger partial charge in [0.2, 0.25) is 5.91 Å². The van der Waals surface area contributed by atoms with Crippen LogP contribution >= 0.6 is 0 Å². The highest BCUT2D eigenvalue weighted by Crippen LogP contribution is 2.26. The molecule has 2 saturated heterocycles. The van der Waals surface area contributed by atoms with Gasteiger partial charge in [0.25, 0.3) is 0 Å². The quantitative estimate of drug-likeness (QED) is 0.319. The standard InChI is InChI=1S/C27H45BN4O6/c1-4-5-13-21-18-31(17-20(21)2)27(35)38-22-16-23-25(33)29-24(28(36)37)14-11-9-7-6-8-10-12-15-30(3)26(34)32(23)19-22/h4-5,13,22-24,26,34,36-37H,1,6-12,14-19H2,2-3H3,(H,29,33)/b13-5-/t22-,23+,24+,26?/m1/s1. The lowest BCUT2D eigenvalue weighted by Crippen LogP contribution is -2.56. The fourth-order valence-electron chi connectivity index (χ4n) is 5.48. The zero-order valence-corrected chi connectivity index (χ0v) is 22.9. The van der Waals surface area contributed by atoms with Gasteiger partial charge in [0, 0.05) is 32.6 Å². The van der Waals surface area contributed by atoms with Crippen LogP contribution in [0.3, 0.4) is 0 Å². The van der Waals surface area contributed by atoms with E-state index in [1.807, 2.05) is 26.1 Å². The molecule has 2 fully saturated rings. The Hall–Kier alpha value is -2.18. The molecule has 1 unspecified atom stereocenters. The molecule has 4 atom stereocenters. The van der Waals surface area contributed by atoms with Crippen LogP contribution in [0.5, 0.6) is 0 Å². The lowest BCUT2D eigenvalue weighted by molar-refractivity contribution is -0.141. The summed E-state index contributed by atoms with van der Waals surface area (Å²) in [6.45, 7) is 7.45. The van der Waals surface area contributed by atoms with Crippen LogP contribution in [0.25, 0.3) is 0 Å². The topological polar surface area (TPSA) is 126 Å². The molecule has 10 nitrogen and oxygen atoms in total. The molecule has 0 bridgehead atoms. The Labute approximate surface area is 227 Å². The van der Waals surface area contributed by atoms with E-state index >= 15 is 0 Å². The van der Waals surface area contributed by atoms with Crippen LogP contribution in [0.2, 0.25) is 0 Å². The molecule has 0 radical (unpaired) electrons. The van der Waals surface area contributed by atoms with Gasteiger partial charge >= 0.3 is 13.2 Å². The number of amides is 2. The molecule has 0 aromatic carbocycles. The number of nitrogens with one attached hydrogen (secondary N) is 1. The molecule has 0 saturated carbocycles. The summed E-state index contributed by atoms with van der Waals surface area (Å²) >= 11 is 0. The number of nitrogens with zero attached hydrogens (tertiary/aromatic N) is 3. The van der Waals surface area contributed by atoms with Crippen molar-refractivity contribution >= 4 is 19.1 Å². The number of aliphatic hydroxyl groups excluding tert-OH is 1. The first-order chi connectivity index (χ1) is 18.2. The van der Waals surface area contributed by atoms with Gasteiger partial charge < -0.3 is 25.2 Å². The van der Waals surface area contributed by atoms with Gasteiger partial charge in [-0.3, -0.25) is 14.6 Å². The fourth-order valence-corrected chi connectivity index (χ4v) is 5.48. The minimum atomic E-state index is -1.68. The molecule has 4 N–H and O–H groups in total. The lowest BCUT2D eigenvalue weighted by Gasteiger charge is -2.35. The van der Waals surface area contributed by atoms with E-state index in [0.717, 1.165) is 56.1 Å². The third-order valence-electron chi connectivity index (χ3n) is 7.80. The first kappa shape index (κ1) is 30.4. The first-order valence-electron chi connectivity index (χ1n) is 13.9. The summed E-state index contributed by atoms with van der Waals surface area (Å²) in [5.41, 5.74) is 2.13. The molecule has 0 spiro atoms. The van der Waals surface area contributed by atoms with E-state index < -0.39 is 43.6 Å². The fraction of sp³-hybridized carbons (Fsp3) is 0.704. The minimum Gasteiger partial charge on any atom is -0.445 e. The van der Waals surface area contributed by atoms with E-state index in [2.05, 4.69) is 11.9 Å². The summed E-state index contributed by atoms with van der Waals surface area (Å²) in [7, 11) is 0.142. The van der Waals surface area contributed by atoms with Gasteiger partial charge in [0.05, 0.1) is 12.0 Å². The molecule has 3 aliphatic rings. The van der Waals surface area contributed by atoms with Gasteiger partial charge in [-0.05, 0) is 38.0 Å². The number of fused-ring (bicyclic) bond motifs is 1. The summed E-state index contributed by atoms with van der Waals surface area (Å²) in [5, 5.41) is 33.7. The lowest BCUT2D eigenvalue weighted by atomic mass is 9.76. The van der Waals surface area contributed by atoms with Gasteiger partial charge in [-0.2, -0.15) is 0 Å². The van der Waals surface area contributed by atoms with Crippen molar-refractivity contribution in [3.63, 3.8) is 0 Å². The van der Waals surface area contributed by atoms with Crippen molar-refractivity contribution in [1.29, 1.82) is 0 Å². The maximum atomic E-state index is 13.4. The molecule has 3 rings (SSSR count). The van der Waals surface area contributed by atoms with E-state index in [0.29, 0.717) is 26.1 Å². The van der Waals surface area contributed by atoms with Crippen LogP contribution in [-0.4, -0.2) is 107 Å².